The van der Waals surface area contributed by atoms with Gasteiger partial charge in [0.25, 0.3) is 0 Å². The number of carbonyl (C=O) groups excluding carboxylic acids is 1. The van der Waals surface area contributed by atoms with Crippen molar-refractivity contribution >= 4 is 11.6 Å². The molecule has 2 rings (SSSR count). The molecule has 1 aromatic rings. The molecule has 1 heterocycles. The number of nitrogens with two attached hydrogens (primary N) is 1. The maximum Gasteiger partial charge on any atom is 0.243 e. The summed E-state index contributed by atoms with van der Waals surface area (Å²) in [5.41, 5.74) is 6.32. The summed E-state index contributed by atoms with van der Waals surface area (Å²) >= 11 is 0. The van der Waals surface area contributed by atoms with Gasteiger partial charge in [-0.3, -0.25) is 4.79 Å². The number of ether oxygens (including phenoxy) is 3. The molecular formula is C14H20N2O4. The molecule has 1 aliphatic heterocycles. The lowest BCUT2D eigenvalue weighted by molar-refractivity contribution is -0.118. The quantitative estimate of drug-likeness (QED) is 0.804. The second-order valence-electron chi connectivity index (χ2n) is 4.68. The van der Waals surface area contributed by atoms with E-state index in [1.807, 2.05) is 12.1 Å². The zero-order valence-corrected chi connectivity index (χ0v) is 11.5. The van der Waals surface area contributed by atoms with Crippen molar-refractivity contribution in [3.8, 4) is 5.75 Å². The highest BCUT2D eigenvalue weighted by molar-refractivity contribution is 5.94. The molecule has 1 aliphatic rings. The molecule has 20 heavy (non-hydrogen) atoms. The molecule has 1 fully saturated rings. The smallest absolute Gasteiger partial charge is 0.243 e. The highest BCUT2D eigenvalue weighted by Crippen LogP contribution is 2.19. The average molecular weight is 280 g/mol. The van der Waals surface area contributed by atoms with Gasteiger partial charge in [-0.25, -0.2) is 0 Å². The Balaban J connectivity index is 1.86. The van der Waals surface area contributed by atoms with Crippen LogP contribution in [0.2, 0.25) is 0 Å². The van der Waals surface area contributed by atoms with Crippen molar-refractivity contribution in [2.75, 3.05) is 32.2 Å². The van der Waals surface area contributed by atoms with Crippen molar-refractivity contribution in [3.05, 3.63) is 24.3 Å². The predicted octanol–water partition coefficient (Wildman–Crippen LogP) is 0.766. The van der Waals surface area contributed by atoms with Crippen molar-refractivity contribution in [2.45, 2.75) is 18.6 Å². The first-order valence-electron chi connectivity index (χ1n) is 6.59. The van der Waals surface area contributed by atoms with Crippen LogP contribution in [0.3, 0.4) is 0 Å². The number of carbonyl (C=O) groups is 1. The number of amides is 1. The van der Waals surface area contributed by atoms with Gasteiger partial charge in [-0.2, -0.15) is 0 Å². The third-order valence-electron chi connectivity index (χ3n) is 3.00. The summed E-state index contributed by atoms with van der Waals surface area (Å²) < 4.78 is 15.8. The molecule has 0 aromatic heterocycles. The monoisotopic (exact) mass is 280 g/mol. The van der Waals surface area contributed by atoms with Gasteiger partial charge in [-0.1, -0.05) is 0 Å². The van der Waals surface area contributed by atoms with E-state index in [2.05, 4.69) is 5.32 Å². The number of anilines is 1. The first kappa shape index (κ1) is 14.8. The van der Waals surface area contributed by atoms with E-state index in [-0.39, 0.29) is 18.6 Å². The number of benzene rings is 1. The summed E-state index contributed by atoms with van der Waals surface area (Å²) in [6.07, 6.45) is 1.02. The molecule has 0 aliphatic carbocycles. The first-order valence-corrected chi connectivity index (χ1v) is 6.59. The lowest BCUT2D eigenvalue weighted by Gasteiger charge is -2.13. The first-order chi connectivity index (χ1) is 9.69. The molecule has 1 aromatic carbocycles. The summed E-state index contributed by atoms with van der Waals surface area (Å²) in [5, 5.41) is 2.72. The Kier molecular flexibility index (Phi) is 5.34. The molecule has 2 unspecified atom stereocenters. The molecule has 0 saturated carbocycles. The van der Waals surface area contributed by atoms with Crippen LogP contribution in [0, 0.1) is 0 Å². The molecule has 6 nitrogen and oxygen atoms in total. The summed E-state index contributed by atoms with van der Waals surface area (Å²) in [4.78, 5) is 11.7. The van der Waals surface area contributed by atoms with Gasteiger partial charge in [0.05, 0.1) is 19.8 Å². The topological polar surface area (TPSA) is 82.8 Å². The molecular weight excluding hydrogens is 260 g/mol. The van der Waals surface area contributed by atoms with E-state index < -0.39 is 6.04 Å². The number of nitrogens with one attached hydrogen (secondary N) is 1. The lowest BCUT2D eigenvalue weighted by atomic mass is 10.2. The minimum Gasteiger partial charge on any atom is -0.488 e. The van der Waals surface area contributed by atoms with Gasteiger partial charge in [0.1, 0.15) is 17.9 Å². The Morgan fingerprint density at radius 2 is 2.25 bits per heavy atom. The maximum absolute atomic E-state index is 11.7. The fraction of sp³-hybridized carbons (Fsp3) is 0.500. The van der Waals surface area contributed by atoms with Crippen LogP contribution >= 0.6 is 0 Å². The largest absolute Gasteiger partial charge is 0.488 e. The van der Waals surface area contributed by atoms with Gasteiger partial charge in [0, 0.05) is 19.2 Å². The highest BCUT2D eigenvalue weighted by Gasteiger charge is 2.17. The normalized spacial score (nSPS) is 19.6. The minimum atomic E-state index is -0.674. The predicted molar refractivity (Wildman–Crippen MR) is 74.8 cm³/mol. The van der Waals surface area contributed by atoms with Gasteiger partial charge in [0.2, 0.25) is 5.91 Å². The standard InChI is InChI=1S/C14H20N2O4/c1-18-9-13(15)14(17)16-10-2-4-11(5-3-10)20-12-6-7-19-8-12/h2-5,12-13H,6-9,15H2,1H3,(H,16,17). The summed E-state index contributed by atoms with van der Waals surface area (Å²) in [6.45, 7) is 1.56. The van der Waals surface area contributed by atoms with Crippen LogP contribution in [0.5, 0.6) is 5.75 Å². The minimum absolute atomic E-state index is 0.116. The van der Waals surface area contributed by atoms with Crippen LogP contribution in [0.25, 0.3) is 0 Å². The van der Waals surface area contributed by atoms with Crippen LogP contribution in [-0.2, 0) is 14.3 Å². The summed E-state index contributed by atoms with van der Waals surface area (Å²) in [7, 11) is 1.51. The molecule has 6 heteroatoms. The summed E-state index contributed by atoms with van der Waals surface area (Å²) in [5.74, 6) is 0.490. The molecule has 0 radical (unpaired) electrons. The molecule has 1 amide bonds. The zero-order chi connectivity index (χ0) is 14.4. The van der Waals surface area contributed by atoms with E-state index in [1.54, 1.807) is 12.1 Å². The Bertz CT molecular complexity index is 429. The molecule has 3 N–H and O–H groups in total. The van der Waals surface area contributed by atoms with Gasteiger partial charge >= 0.3 is 0 Å². The Labute approximate surface area is 118 Å². The van der Waals surface area contributed by atoms with Crippen LogP contribution < -0.4 is 15.8 Å². The van der Waals surface area contributed by atoms with Crippen molar-refractivity contribution in [1.29, 1.82) is 0 Å². The third kappa shape index (κ3) is 4.19. The van der Waals surface area contributed by atoms with E-state index >= 15 is 0 Å². The second kappa shape index (κ2) is 7.23. The van der Waals surface area contributed by atoms with Gasteiger partial charge in [-0.15, -0.1) is 0 Å². The van der Waals surface area contributed by atoms with Crippen LogP contribution in [0.15, 0.2) is 24.3 Å². The summed E-state index contributed by atoms with van der Waals surface area (Å²) in [6, 6.07) is 6.52. The van der Waals surface area contributed by atoms with Crippen molar-refractivity contribution in [1.82, 2.24) is 0 Å². The molecule has 1 saturated heterocycles. The van der Waals surface area contributed by atoms with E-state index in [1.165, 1.54) is 7.11 Å². The number of hydrogen-bond donors (Lipinski definition) is 2. The number of methoxy groups -OCH3 is 1. The van der Waals surface area contributed by atoms with Gasteiger partial charge < -0.3 is 25.3 Å². The SMILES string of the molecule is COCC(N)C(=O)Nc1ccc(OC2CCOC2)cc1. The van der Waals surface area contributed by atoms with Crippen molar-refractivity contribution in [2.24, 2.45) is 5.73 Å². The molecule has 0 bridgehead atoms. The fourth-order valence-electron chi connectivity index (χ4n) is 1.91. The highest BCUT2D eigenvalue weighted by atomic mass is 16.5. The van der Waals surface area contributed by atoms with Crippen LogP contribution in [-0.4, -0.2) is 45.0 Å². The zero-order valence-electron chi connectivity index (χ0n) is 11.5. The lowest BCUT2D eigenvalue weighted by Crippen LogP contribution is -2.39. The van der Waals surface area contributed by atoms with Crippen LogP contribution in [0.1, 0.15) is 6.42 Å². The molecule has 110 valence electrons. The van der Waals surface area contributed by atoms with E-state index in [4.69, 9.17) is 19.9 Å². The number of hydrogen-bond acceptors (Lipinski definition) is 5. The Morgan fingerprint density at radius 1 is 1.50 bits per heavy atom. The van der Waals surface area contributed by atoms with Crippen molar-refractivity contribution in [3.63, 3.8) is 0 Å². The molecule has 2 atom stereocenters. The number of rotatable bonds is 6. The van der Waals surface area contributed by atoms with Crippen molar-refractivity contribution < 1.29 is 19.0 Å². The maximum atomic E-state index is 11.7. The van der Waals surface area contributed by atoms with E-state index in [9.17, 15) is 4.79 Å². The average Bonchev–Trinajstić information content (AvgIpc) is 2.94. The van der Waals surface area contributed by atoms with Gasteiger partial charge in [-0.05, 0) is 24.3 Å². The Hall–Kier alpha value is -1.63. The van der Waals surface area contributed by atoms with Crippen LogP contribution in [0.4, 0.5) is 5.69 Å². The Morgan fingerprint density at radius 3 is 2.85 bits per heavy atom. The van der Waals surface area contributed by atoms with E-state index in [0.29, 0.717) is 12.3 Å². The van der Waals surface area contributed by atoms with E-state index in [0.717, 1.165) is 18.8 Å². The molecule has 0 spiro atoms. The fourth-order valence-corrected chi connectivity index (χ4v) is 1.91. The third-order valence-corrected chi connectivity index (χ3v) is 3.00. The second-order valence-corrected chi connectivity index (χ2v) is 4.68. The van der Waals surface area contributed by atoms with Gasteiger partial charge in [0.15, 0.2) is 0 Å².